The molecule has 0 spiro atoms. The third-order valence-corrected chi connectivity index (χ3v) is 3.26. The Bertz CT molecular complexity index is 366. The largest absolute Gasteiger partial charge is 0.300 e. The molecule has 0 unspecified atom stereocenters. The highest BCUT2D eigenvalue weighted by Crippen LogP contribution is 2.23. The van der Waals surface area contributed by atoms with Crippen molar-refractivity contribution >= 4 is 17.5 Å². The lowest BCUT2D eigenvalue weighted by molar-refractivity contribution is -0.118. The van der Waals surface area contributed by atoms with Crippen LogP contribution in [0.3, 0.4) is 0 Å². The van der Waals surface area contributed by atoms with Crippen LogP contribution in [0.5, 0.6) is 0 Å². The SMILES string of the molecule is CCC(=O)CCCSc1cc(F)ccc1F. The fourth-order valence-electron chi connectivity index (χ4n) is 1.22. The van der Waals surface area contributed by atoms with Crippen molar-refractivity contribution in [3.8, 4) is 0 Å². The molecule has 0 amide bonds. The molecule has 1 nitrogen and oxygen atoms in total. The molecule has 4 heteroatoms. The maximum atomic E-state index is 13.2. The topological polar surface area (TPSA) is 17.1 Å². The van der Waals surface area contributed by atoms with Gasteiger partial charge in [-0.2, -0.15) is 0 Å². The fourth-order valence-corrected chi connectivity index (χ4v) is 2.13. The highest BCUT2D eigenvalue weighted by molar-refractivity contribution is 7.99. The maximum Gasteiger partial charge on any atom is 0.136 e. The summed E-state index contributed by atoms with van der Waals surface area (Å²) in [6.45, 7) is 1.82. The Labute approximate surface area is 98.2 Å². The predicted molar refractivity (Wildman–Crippen MR) is 61.6 cm³/mol. The van der Waals surface area contributed by atoms with Gasteiger partial charge in [0, 0.05) is 17.7 Å². The number of thioether (sulfide) groups is 1. The standard InChI is InChI=1S/C12H14F2OS/c1-2-10(15)4-3-7-16-12-8-9(13)5-6-11(12)14/h5-6,8H,2-4,7H2,1H3. The van der Waals surface area contributed by atoms with E-state index in [2.05, 4.69) is 0 Å². The van der Waals surface area contributed by atoms with Gasteiger partial charge in [0.1, 0.15) is 17.4 Å². The van der Waals surface area contributed by atoms with Gasteiger partial charge in [-0.05, 0) is 30.4 Å². The third-order valence-electron chi connectivity index (χ3n) is 2.15. The number of hydrogen-bond acceptors (Lipinski definition) is 2. The molecule has 88 valence electrons. The molecule has 0 atom stereocenters. The molecule has 16 heavy (non-hydrogen) atoms. The summed E-state index contributed by atoms with van der Waals surface area (Å²) in [6.07, 6.45) is 1.76. The van der Waals surface area contributed by atoms with Crippen LogP contribution in [0.15, 0.2) is 23.1 Å². The van der Waals surface area contributed by atoms with Crippen LogP contribution in [0.2, 0.25) is 0 Å². The van der Waals surface area contributed by atoms with Gasteiger partial charge in [-0.1, -0.05) is 6.92 Å². The number of rotatable bonds is 6. The second-order valence-corrected chi connectivity index (χ2v) is 4.56. The Balaban J connectivity index is 2.37. The molecule has 0 N–H and O–H groups in total. The lowest BCUT2D eigenvalue weighted by Gasteiger charge is -2.02. The smallest absolute Gasteiger partial charge is 0.136 e. The molecule has 1 aromatic rings. The fraction of sp³-hybridized carbons (Fsp3) is 0.417. The Morgan fingerprint density at radius 2 is 2.12 bits per heavy atom. The quantitative estimate of drug-likeness (QED) is 0.559. The summed E-state index contributed by atoms with van der Waals surface area (Å²) < 4.78 is 26.0. The van der Waals surface area contributed by atoms with Crippen LogP contribution in [0.1, 0.15) is 26.2 Å². The minimum absolute atomic E-state index is 0.209. The van der Waals surface area contributed by atoms with E-state index in [1.54, 1.807) is 0 Å². The van der Waals surface area contributed by atoms with Gasteiger partial charge in [-0.3, -0.25) is 4.79 Å². The molecular weight excluding hydrogens is 230 g/mol. The number of Topliss-reactive ketones (excluding diaryl/α,β-unsaturated/α-hetero) is 1. The molecule has 0 fully saturated rings. The van der Waals surface area contributed by atoms with E-state index in [1.165, 1.54) is 17.8 Å². The molecule has 0 bridgehead atoms. The normalized spacial score (nSPS) is 10.4. The van der Waals surface area contributed by atoms with Crippen LogP contribution in [0.4, 0.5) is 8.78 Å². The molecule has 0 radical (unpaired) electrons. The molecule has 0 aliphatic rings. The summed E-state index contributed by atoms with van der Waals surface area (Å²) >= 11 is 1.25. The number of carbonyl (C=O) groups is 1. The van der Waals surface area contributed by atoms with Gasteiger partial charge < -0.3 is 0 Å². The summed E-state index contributed by atoms with van der Waals surface area (Å²) in [5, 5.41) is 0. The number of benzene rings is 1. The molecule has 0 aliphatic carbocycles. The molecule has 0 saturated heterocycles. The van der Waals surface area contributed by atoms with E-state index in [0.717, 1.165) is 12.1 Å². The highest BCUT2D eigenvalue weighted by atomic mass is 32.2. The first-order valence-electron chi connectivity index (χ1n) is 5.23. The van der Waals surface area contributed by atoms with Gasteiger partial charge >= 0.3 is 0 Å². The molecule has 0 heterocycles. The van der Waals surface area contributed by atoms with Crippen molar-refractivity contribution in [3.05, 3.63) is 29.8 Å². The maximum absolute atomic E-state index is 13.2. The minimum Gasteiger partial charge on any atom is -0.300 e. The van der Waals surface area contributed by atoms with Crippen molar-refractivity contribution < 1.29 is 13.6 Å². The van der Waals surface area contributed by atoms with E-state index in [4.69, 9.17) is 0 Å². The molecule has 0 saturated carbocycles. The zero-order valence-corrected chi connectivity index (χ0v) is 9.95. The number of ketones is 1. The Morgan fingerprint density at radius 1 is 1.38 bits per heavy atom. The second kappa shape index (κ2) is 6.63. The van der Waals surface area contributed by atoms with Crippen LogP contribution in [-0.4, -0.2) is 11.5 Å². The molecule has 0 aromatic heterocycles. The lowest BCUT2D eigenvalue weighted by Crippen LogP contribution is -1.95. The van der Waals surface area contributed by atoms with E-state index in [1.807, 2.05) is 6.92 Å². The first-order valence-corrected chi connectivity index (χ1v) is 6.21. The van der Waals surface area contributed by atoms with E-state index in [-0.39, 0.29) is 5.78 Å². The molecular formula is C12H14F2OS. The van der Waals surface area contributed by atoms with Crippen molar-refractivity contribution in [1.29, 1.82) is 0 Å². The summed E-state index contributed by atoms with van der Waals surface area (Å²) in [7, 11) is 0. The van der Waals surface area contributed by atoms with Crippen molar-refractivity contribution in [2.75, 3.05) is 5.75 Å². The summed E-state index contributed by atoms with van der Waals surface area (Å²) in [4.78, 5) is 11.3. The van der Waals surface area contributed by atoms with Crippen molar-refractivity contribution in [1.82, 2.24) is 0 Å². The lowest BCUT2D eigenvalue weighted by atomic mass is 10.2. The van der Waals surface area contributed by atoms with E-state index in [0.29, 0.717) is 29.9 Å². The van der Waals surface area contributed by atoms with Gasteiger partial charge in [-0.25, -0.2) is 8.78 Å². The number of halogens is 2. The van der Waals surface area contributed by atoms with Crippen LogP contribution in [0, 0.1) is 11.6 Å². The Hall–Kier alpha value is -0.900. The minimum atomic E-state index is -0.437. The first kappa shape index (κ1) is 13.2. The average Bonchev–Trinajstić information content (AvgIpc) is 2.28. The molecule has 0 aliphatic heterocycles. The Morgan fingerprint density at radius 3 is 2.81 bits per heavy atom. The van der Waals surface area contributed by atoms with E-state index in [9.17, 15) is 13.6 Å². The van der Waals surface area contributed by atoms with Crippen LogP contribution < -0.4 is 0 Å². The zero-order chi connectivity index (χ0) is 12.0. The monoisotopic (exact) mass is 244 g/mol. The molecule has 1 rings (SSSR count). The molecule has 1 aromatic carbocycles. The average molecular weight is 244 g/mol. The highest BCUT2D eigenvalue weighted by Gasteiger charge is 2.05. The number of carbonyl (C=O) groups excluding carboxylic acids is 1. The van der Waals surface area contributed by atoms with Gasteiger partial charge in [0.15, 0.2) is 0 Å². The Kier molecular flexibility index (Phi) is 5.46. The zero-order valence-electron chi connectivity index (χ0n) is 9.13. The summed E-state index contributed by atoms with van der Waals surface area (Å²) in [5.41, 5.74) is 0. The third kappa shape index (κ3) is 4.31. The van der Waals surface area contributed by atoms with Crippen LogP contribution in [-0.2, 0) is 4.79 Å². The van der Waals surface area contributed by atoms with Crippen LogP contribution >= 0.6 is 11.8 Å². The second-order valence-electron chi connectivity index (χ2n) is 3.42. The van der Waals surface area contributed by atoms with Crippen molar-refractivity contribution in [3.63, 3.8) is 0 Å². The van der Waals surface area contributed by atoms with E-state index < -0.39 is 11.6 Å². The van der Waals surface area contributed by atoms with Crippen molar-refractivity contribution in [2.24, 2.45) is 0 Å². The van der Waals surface area contributed by atoms with E-state index >= 15 is 0 Å². The van der Waals surface area contributed by atoms with Gasteiger partial charge in [0.25, 0.3) is 0 Å². The van der Waals surface area contributed by atoms with Crippen LogP contribution in [0.25, 0.3) is 0 Å². The predicted octanol–water partition coefficient (Wildman–Crippen LogP) is 3.82. The van der Waals surface area contributed by atoms with Gasteiger partial charge in [0.2, 0.25) is 0 Å². The summed E-state index contributed by atoms with van der Waals surface area (Å²) in [5.74, 6) is -0.00591. The number of hydrogen-bond donors (Lipinski definition) is 0. The van der Waals surface area contributed by atoms with Crippen molar-refractivity contribution in [2.45, 2.75) is 31.1 Å². The van der Waals surface area contributed by atoms with Gasteiger partial charge in [-0.15, -0.1) is 11.8 Å². The summed E-state index contributed by atoms with van der Waals surface area (Å²) in [6, 6.07) is 3.40. The first-order chi connectivity index (χ1) is 7.63. The van der Waals surface area contributed by atoms with Gasteiger partial charge in [0.05, 0.1) is 0 Å².